The first kappa shape index (κ1) is 12.4. The highest BCUT2D eigenvalue weighted by Gasteiger charge is 2.28. The van der Waals surface area contributed by atoms with E-state index >= 15 is 0 Å². The fourth-order valence-corrected chi connectivity index (χ4v) is 2.48. The Labute approximate surface area is 107 Å². The number of aromatic nitrogens is 1. The van der Waals surface area contributed by atoms with Crippen LogP contribution in [0.25, 0.3) is 0 Å². The summed E-state index contributed by atoms with van der Waals surface area (Å²) in [6.45, 7) is 5.10. The Morgan fingerprint density at radius 2 is 2.24 bits per heavy atom. The Kier molecular flexibility index (Phi) is 3.67. The molecule has 1 amide bonds. The van der Waals surface area contributed by atoms with Gasteiger partial charge in [-0.1, -0.05) is 18.5 Å². The molecule has 2 heterocycles. The summed E-state index contributed by atoms with van der Waals surface area (Å²) < 4.78 is 0. The average molecular weight is 253 g/mol. The van der Waals surface area contributed by atoms with Crippen LogP contribution in [0.2, 0.25) is 5.02 Å². The summed E-state index contributed by atoms with van der Waals surface area (Å²) in [6.07, 6.45) is 5.38. The van der Waals surface area contributed by atoms with Crippen molar-refractivity contribution < 1.29 is 4.79 Å². The van der Waals surface area contributed by atoms with Crippen LogP contribution in [0.4, 0.5) is 0 Å². The molecule has 0 spiro atoms. The minimum Gasteiger partial charge on any atom is -0.336 e. The third-order valence-corrected chi connectivity index (χ3v) is 3.68. The number of nitrogens with zero attached hydrogens (tertiary/aromatic N) is 2. The number of hydrogen-bond acceptors (Lipinski definition) is 2. The van der Waals surface area contributed by atoms with Crippen LogP contribution < -0.4 is 0 Å². The number of pyridine rings is 1. The van der Waals surface area contributed by atoms with E-state index in [2.05, 4.69) is 18.8 Å². The van der Waals surface area contributed by atoms with E-state index in [1.165, 1.54) is 12.6 Å². The van der Waals surface area contributed by atoms with Crippen molar-refractivity contribution in [1.82, 2.24) is 9.88 Å². The van der Waals surface area contributed by atoms with Gasteiger partial charge in [-0.2, -0.15) is 0 Å². The van der Waals surface area contributed by atoms with E-state index in [1.807, 2.05) is 4.90 Å². The highest BCUT2D eigenvalue weighted by Crippen LogP contribution is 2.25. The van der Waals surface area contributed by atoms with Crippen molar-refractivity contribution in [2.75, 3.05) is 6.54 Å². The molecule has 0 bridgehead atoms. The van der Waals surface area contributed by atoms with Crippen LogP contribution in [0.5, 0.6) is 0 Å². The normalized spacial score (nSPS) is 24.8. The van der Waals surface area contributed by atoms with E-state index in [4.69, 9.17) is 11.6 Å². The second-order valence-corrected chi connectivity index (χ2v) is 5.25. The van der Waals surface area contributed by atoms with Crippen molar-refractivity contribution in [1.29, 1.82) is 0 Å². The smallest absolute Gasteiger partial charge is 0.255 e. The molecule has 1 aromatic rings. The number of carbonyl (C=O) groups excluding carboxylic acids is 1. The second-order valence-electron chi connectivity index (χ2n) is 4.84. The number of piperidine rings is 1. The van der Waals surface area contributed by atoms with Crippen LogP contribution in [-0.2, 0) is 0 Å². The van der Waals surface area contributed by atoms with Crippen molar-refractivity contribution in [3.05, 3.63) is 29.0 Å². The molecule has 2 atom stereocenters. The predicted molar refractivity (Wildman–Crippen MR) is 68.1 cm³/mol. The highest BCUT2D eigenvalue weighted by atomic mass is 35.5. The molecule has 0 aromatic carbocycles. The number of carbonyl (C=O) groups is 1. The second kappa shape index (κ2) is 5.05. The summed E-state index contributed by atoms with van der Waals surface area (Å²) in [5.74, 6) is 0.590. The molecule has 4 heteroatoms. The molecule has 1 aliphatic heterocycles. The Bertz CT molecular complexity index is 422. The van der Waals surface area contributed by atoms with Crippen LogP contribution in [0.3, 0.4) is 0 Å². The van der Waals surface area contributed by atoms with Gasteiger partial charge in [0.15, 0.2) is 0 Å². The summed E-state index contributed by atoms with van der Waals surface area (Å²) in [7, 11) is 0. The zero-order valence-corrected chi connectivity index (χ0v) is 10.9. The van der Waals surface area contributed by atoms with E-state index in [0.29, 0.717) is 22.5 Å². The zero-order chi connectivity index (χ0) is 12.4. The largest absolute Gasteiger partial charge is 0.336 e. The maximum atomic E-state index is 12.4. The van der Waals surface area contributed by atoms with Gasteiger partial charge in [-0.25, -0.2) is 0 Å². The zero-order valence-electron chi connectivity index (χ0n) is 10.2. The van der Waals surface area contributed by atoms with Gasteiger partial charge in [0.2, 0.25) is 0 Å². The molecule has 1 fully saturated rings. The van der Waals surface area contributed by atoms with Gasteiger partial charge in [-0.15, -0.1) is 0 Å². The van der Waals surface area contributed by atoms with E-state index in [-0.39, 0.29) is 5.91 Å². The SMILES string of the molecule is CC1CCC(C)N(C(=O)c2ccncc2Cl)C1. The first-order valence-electron chi connectivity index (χ1n) is 6.00. The summed E-state index contributed by atoms with van der Waals surface area (Å²) >= 11 is 6.01. The summed E-state index contributed by atoms with van der Waals surface area (Å²) in [4.78, 5) is 18.2. The van der Waals surface area contributed by atoms with Gasteiger partial charge in [-0.3, -0.25) is 9.78 Å². The number of hydrogen-bond donors (Lipinski definition) is 0. The van der Waals surface area contributed by atoms with E-state index < -0.39 is 0 Å². The quantitative estimate of drug-likeness (QED) is 0.770. The molecule has 0 aliphatic carbocycles. The van der Waals surface area contributed by atoms with Crippen molar-refractivity contribution in [3.63, 3.8) is 0 Å². The monoisotopic (exact) mass is 252 g/mol. The number of halogens is 1. The lowest BCUT2D eigenvalue weighted by molar-refractivity contribution is 0.0574. The molecular formula is C13H17ClN2O. The average Bonchev–Trinajstić information content (AvgIpc) is 2.32. The van der Waals surface area contributed by atoms with Crippen LogP contribution >= 0.6 is 11.6 Å². The predicted octanol–water partition coefficient (Wildman–Crippen LogP) is 3.00. The Morgan fingerprint density at radius 1 is 1.47 bits per heavy atom. The highest BCUT2D eigenvalue weighted by molar-refractivity contribution is 6.33. The molecule has 1 aromatic heterocycles. The Morgan fingerprint density at radius 3 is 2.94 bits per heavy atom. The molecule has 0 saturated carbocycles. The molecular weight excluding hydrogens is 236 g/mol. The van der Waals surface area contributed by atoms with Gasteiger partial charge < -0.3 is 4.90 Å². The molecule has 3 nitrogen and oxygen atoms in total. The van der Waals surface area contributed by atoms with Crippen molar-refractivity contribution in [2.45, 2.75) is 32.7 Å². The van der Waals surface area contributed by atoms with E-state index in [9.17, 15) is 4.79 Å². The van der Waals surface area contributed by atoms with Gasteiger partial charge in [0, 0.05) is 25.0 Å². The molecule has 2 unspecified atom stereocenters. The maximum Gasteiger partial charge on any atom is 0.255 e. The van der Waals surface area contributed by atoms with Gasteiger partial charge >= 0.3 is 0 Å². The molecule has 17 heavy (non-hydrogen) atoms. The molecule has 0 N–H and O–H groups in total. The van der Waals surface area contributed by atoms with Gasteiger partial charge in [0.25, 0.3) is 5.91 Å². The standard InChI is InChI=1S/C13H17ClN2O/c1-9-3-4-10(2)16(8-9)13(17)11-5-6-15-7-12(11)14/h5-7,9-10H,3-4,8H2,1-2H3. The minimum absolute atomic E-state index is 0.0245. The third kappa shape index (κ3) is 2.60. The van der Waals surface area contributed by atoms with Crippen molar-refractivity contribution in [3.8, 4) is 0 Å². The van der Waals surface area contributed by atoms with E-state index in [1.54, 1.807) is 12.3 Å². The fourth-order valence-electron chi connectivity index (χ4n) is 2.27. The first-order chi connectivity index (χ1) is 8.09. The molecule has 1 saturated heterocycles. The number of rotatable bonds is 1. The number of likely N-dealkylation sites (tertiary alicyclic amines) is 1. The van der Waals surface area contributed by atoms with E-state index in [0.717, 1.165) is 13.0 Å². The van der Waals surface area contributed by atoms with Crippen molar-refractivity contribution in [2.24, 2.45) is 5.92 Å². The maximum absolute atomic E-state index is 12.4. The van der Waals surface area contributed by atoms with Crippen LogP contribution in [0.15, 0.2) is 18.5 Å². The van der Waals surface area contributed by atoms with Crippen LogP contribution in [0.1, 0.15) is 37.0 Å². The van der Waals surface area contributed by atoms with Gasteiger partial charge in [-0.05, 0) is 31.7 Å². The van der Waals surface area contributed by atoms with Crippen LogP contribution in [-0.4, -0.2) is 28.4 Å². The minimum atomic E-state index is 0.0245. The molecule has 2 rings (SSSR count). The lowest BCUT2D eigenvalue weighted by atomic mass is 9.94. The van der Waals surface area contributed by atoms with Gasteiger partial charge in [0.1, 0.15) is 0 Å². The fraction of sp³-hybridized carbons (Fsp3) is 0.538. The topological polar surface area (TPSA) is 33.2 Å². The van der Waals surface area contributed by atoms with Gasteiger partial charge in [0.05, 0.1) is 10.6 Å². The summed E-state index contributed by atoms with van der Waals surface area (Å²) in [6, 6.07) is 1.99. The summed E-state index contributed by atoms with van der Waals surface area (Å²) in [5.41, 5.74) is 0.558. The molecule has 1 aliphatic rings. The first-order valence-corrected chi connectivity index (χ1v) is 6.38. The molecule has 0 radical (unpaired) electrons. The summed E-state index contributed by atoms with van der Waals surface area (Å²) in [5, 5.41) is 0.433. The lowest BCUT2D eigenvalue weighted by Gasteiger charge is -2.37. The van der Waals surface area contributed by atoms with Crippen molar-refractivity contribution >= 4 is 17.5 Å². The Balaban J connectivity index is 2.22. The third-order valence-electron chi connectivity index (χ3n) is 3.38. The number of amides is 1. The molecule has 92 valence electrons. The Hall–Kier alpha value is -1.09. The van der Waals surface area contributed by atoms with Crippen LogP contribution in [0, 0.1) is 5.92 Å². The lowest BCUT2D eigenvalue weighted by Crippen LogP contribution is -2.45.